The van der Waals surface area contributed by atoms with Crippen LogP contribution in [0.15, 0.2) is 51.8 Å². The zero-order chi connectivity index (χ0) is 26.9. The van der Waals surface area contributed by atoms with Gasteiger partial charge in [-0.25, -0.2) is 0 Å². The van der Waals surface area contributed by atoms with Gasteiger partial charge in [0.2, 0.25) is 0 Å². The minimum absolute atomic E-state index is 0. The summed E-state index contributed by atoms with van der Waals surface area (Å²) in [6.07, 6.45) is 21.7. The fourth-order valence-electron chi connectivity index (χ4n) is 9.23. The van der Waals surface area contributed by atoms with Crippen molar-refractivity contribution in [3.8, 4) is 11.1 Å². The number of benzene rings is 2. The maximum Gasteiger partial charge on any atom is -0.147 e. The molecule has 0 nitrogen and oxygen atoms in total. The van der Waals surface area contributed by atoms with Crippen molar-refractivity contribution in [1.82, 2.24) is 0 Å². The first-order valence-electron chi connectivity index (χ1n) is 15.6. The number of rotatable bonds is 4. The molecule has 4 heteroatoms. The zero-order valence-electron chi connectivity index (χ0n) is 25.9. The van der Waals surface area contributed by atoms with E-state index in [1.807, 2.05) is 6.55 Å². The standard InChI is InChI=1S/C21H25.2C5H9.C5H5.2ClH.H2Si.Zr/c1-20(2,3)16-9-7-14-11-15-8-10-17(21(4,5)6)13-19(15)18(14)12-16;3*1-2-4-5-3-1;;;;/h7,9-10,12-13H,11H2,1-6H3;2*1H,2-5H2;1-3H,4H2;2*1H;1H2;. The first-order valence-corrected chi connectivity index (χ1v) is 26.8. The summed E-state index contributed by atoms with van der Waals surface area (Å²) in [5.41, 5.74) is 9.85. The predicted molar refractivity (Wildman–Crippen MR) is 181 cm³/mol. The Morgan fingerprint density at radius 2 is 1.27 bits per heavy atom. The summed E-state index contributed by atoms with van der Waals surface area (Å²) in [7, 11) is 0. The molecule has 0 spiro atoms. The molecule has 6 rings (SSSR count). The average Bonchev–Trinajstić information content (AvgIpc) is 3.69. The molecule has 0 radical (unpaired) electrons. The minimum atomic E-state index is -3.73. The topological polar surface area (TPSA) is 0 Å². The Labute approximate surface area is 259 Å². The van der Waals surface area contributed by atoms with Crippen LogP contribution in [0.3, 0.4) is 0 Å². The summed E-state index contributed by atoms with van der Waals surface area (Å²) in [4.78, 5) is 0. The van der Waals surface area contributed by atoms with Crippen molar-refractivity contribution >= 4 is 35.0 Å². The largest absolute Gasteiger partial charge is 0.147 e. The van der Waals surface area contributed by atoms with Crippen LogP contribution in [0.2, 0.25) is 7.25 Å². The van der Waals surface area contributed by atoms with Crippen molar-refractivity contribution in [2.75, 3.05) is 0 Å². The zero-order valence-corrected chi connectivity index (χ0v) is 31.4. The number of allylic oxidation sites excluding steroid dienone is 4. The fraction of sp³-hybridized carbons (Fsp3) is 0.556. The first kappa shape index (κ1) is 32.5. The molecule has 0 aromatic heterocycles. The van der Waals surface area contributed by atoms with E-state index in [0.717, 1.165) is 13.7 Å². The van der Waals surface area contributed by atoms with E-state index in [2.05, 4.69) is 97.0 Å². The second kappa shape index (κ2) is 11.3. The summed E-state index contributed by atoms with van der Waals surface area (Å²) in [5.74, 6) is 0. The molecule has 0 atom stereocenters. The van der Waals surface area contributed by atoms with Crippen LogP contribution in [0, 0.1) is 0 Å². The van der Waals surface area contributed by atoms with Gasteiger partial charge in [-0.3, -0.25) is 0 Å². The molecule has 0 saturated heterocycles. The van der Waals surface area contributed by atoms with E-state index in [1.165, 1.54) is 63.4 Å². The Balaban J connectivity index is 0.00000185. The third-order valence-corrected chi connectivity index (χ3v) is 44.1. The van der Waals surface area contributed by atoms with Gasteiger partial charge in [-0.05, 0) is 0 Å². The van der Waals surface area contributed by atoms with Crippen LogP contribution in [0.1, 0.15) is 122 Å². The molecule has 2 aromatic carbocycles. The van der Waals surface area contributed by atoms with Gasteiger partial charge >= 0.3 is 237 Å². The molecule has 0 amide bonds. The van der Waals surface area contributed by atoms with Crippen LogP contribution >= 0.6 is 24.8 Å². The van der Waals surface area contributed by atoms with Crippen LogP contribution < -0.4 is 3.27 Å². The minimum Gasteiger partial charge on any atom is -0.147 e. The van der Waals surface area contributed by atoms with Crippen LogP contribution in [0.25, 0.3) is 11.1 Å². The van der Waals surface area contributed by atoms with Crippen molar-refractivity contribution in [1.29, 1.82) is 0 Å². The molecule has 2 saturated carbocycles. The summed E-state index contributed by atoms with van der Waals surface area (Å²) in [6.45, 7) is 17.1. The molecule has 40 heavy (non-hydrogen) atoms. The quantitative estimate of drug-likeness (QED) is 0.242. The van der Waals surface area contributed by atoms with E-state index >= 15 is 0 Å². The van der Waals surface area contributed by atoms with Crippen molar-refractivity contribution in [2.24, 2.45) is 0 Å². The molecular formula is C36H52Cl2SiZr. The Morgan fingerprint density at radius 1 is 0.725 bits per heavy atom. The van der Waals surface area contributed by atoms with Crippen LogP contribution in [0.4, 0.5) is 0 Å². The fourth-order valence-corrected chi connectivity index (χ4v) is 39.4. The van der Waals surface area contributed by atoms with Gasteiger partial charge in [0.25, 0.3) is 0 Å². The summed E-state index contributed by atoms with van der Waals surface area (Å²) in [6, 6.07) is 12.9. The van der Waals surface area contributed by atoms with Gasteiger partial charge in [0.05, 0.1) is 0 Å². The Kier molecular flexibility index (Phi) is 9.16. The van der Waals surface area contributed by atoms with Crippen molar-refractivity contribution in [2.45, 2.75) is 124 Å². The number of fused-ring (bicyclic) bond motifs is 3. The van der Waals surface area contributed by atoms with Crippen LogP contribution in [-0.4, -0.2) is 6.88 Å². The summed E-state index contributed by atoms with van der Waals surface area (Å²) < 4.78 is 5.80. The van der Waals surface area contributed by atoms with E-state index < -0.39 is 17.4 Å². The average molecular weight is 675 g/mol. The van der Waals surface area contributed by atoms with E-state index in [1.54, 1.807) is 27.8 Å². The van der Waals surface area contributed by atoms with Crippen LogP contribution in [-0.2, 0) is 34.6 Å². The van der Waals surface area contributed by atoms with Gasteiger partial charge in [-0.1, -0.05) is 0 Å². The van der Waals surface area contributed by atoms with Gasteiger partial charge in [0, 0.05) is 0 Å². The second-order valence-corrected chi connectivity index (χ2v) is 39.5. The molecule has 0 N–H and O–H groups in total. The third kappa shape index (κ3) is 4.88. The van der Waals surface area contributed by atoms with Gasteiger partial charge in [-0.15, -0.1) is 24.8 Å². The van der Waals surface area contributed by atoms with Crippen molar-refractivity contribution in [3.05, 3.63) is 74.1 Å². The van der Waals surface area contributed by atoms with Gasteiger partial charge < -0.3 is 0 Å². The van der Waals surface area contributed by atoms with Gasteiger partial charge in [-0.2, -0.15) is 0 Å². The SMILES string of the molecule is CC(C)(C)c1ccc2c(c1)-c1cc(C(C)(C)C)c[c]([Zr](=[SiH2])([C]3=CC=CC3)([CH]3CCCC3)[CH]3CCCC3)c1C2.Cl.Cl. The molecule has 0 aliphatic heterocycles. The molecular weight excluding hydrogens is 623 g/mol. The van der Waals surface area contributed by atoms with Crippen molar-refractivity contribution in [3.63, 3.8) is 0 Å². The number of hydrogen-bond acceptors (Lipinski definition) is 0. The molecule has 0 heterocycles. The number of halogens is 2. The summed E-state index contributed by atoms with van der Waals surface area (Å²) >= 11 is -3.73. The van der Waals surface area contributed by atoms with E-state index in [4.69, 9.17) is 0 Å². The Morgan fingerprint density at radius 3 is 1.77 bits per heavy atom. The Hall–Kier alpha value is -0.400. The second-order valence-electron chi connectivity index (χ2n) is 15.5. The van der Waals surface area contributed by atoms with E-state index in [0.29, 0.717) is 0 Å². The molecule has 2 fully saturated rings. The molecule has 4 aliphatic carbocycles. The van der Waals surface area contributed by atoms with Gasteiger partial charge in [0.15, 0.2) is 0 Å². The third-order valence-electron chi connectivity index (χ3n) is 11.5. The predicted octanol–water partition coefficient (Wildman–Crippen LogP) is 10.1. The molecule has 218 valence electrons. The monoisotopic (exact) mass is 672 g/mol. The van der Waals surface area contributed by atoms with E-state index in [9.17, 15) is 0 Å². The normalized spacial score (nSPS) is 19.7. The molecule has 4 aliphatic rings. The molecule has 0 unspecified atom stereocenters. The van der Waals surface area contributed by atoms with Crippen LogP contribution in [0.5, 0.6) is 0 Å². The maximum absolute atomic E-state index is 3.73. The summed E-state index contributed by atoms with van der Waals surface area (Å²) in [5, 5.41) is 0. The van der Waals surface area contributed by atoms with Crippen molar-refractivity contribution < 1.29 is 17.4 Å². The molecule has 0 bridgehead atoms. The molecule has 2 aromatic rings. The number of hydrogen-bond donors (Lipinski definition) is 0. The van der Waals surface area contributed by atoms with E-state index in [-0.39, 0.29) is 35.6 Å². The Bertz CT molecular complexity index is 1380. The maximum atomic E-state index is 2.84. The first-order chi connectivity index (χ1) is 17.9. The van der Waals surface area contributed by atoms with Gasteiger partial charge in [0.1, 0.15) is 0 Å². The smallest absolute Gasteiger partial charge is 0.147 e.